The van der Waals surface area contributed by atoms with E-state index in [4.69, 9.17) is 15.0 Å². The second kappa shape index (κ2) is 8.92. The van der Waals surface area contributed by atoms with Crippen molar-refractivity contribution >= 4 is 32.3 Å². The van der Waals surface area contributed by atoms with Crippen molar-refractivity contribution in [3.05, 3.63) is 140 Å². The molecular formula is C39H23N3. The number of hydrogen-bond acceptors (Lipinski definition) is 3. The summed E-state index contributed by atoms with van der Waals surface area (Å²) < 4.78 is 0. The topological polar surface area (TPSA) is 38.7 Å². The van der Waals surface area contributed by atoms with Gasteiger partial charge in [0, 0.05) is 16.7 Å². The third-order valence-corrected chi connectivity index (χ3v) is 8.45. The van der Waals surface area contributed by atoms with Crippen molar-refractivity contribution in [2.75, 3.05) is 0 Å². The van der Waals surface area contributed by atoms with Crippen LogP contribution in [0.1, 0.15) is 0 Å². The van der Waals surface area contributed by atoms with E-state index >= 15 is 0 Å². The molecular weight excluding hydrogens is 510 g/mol. The average molecular weight is 534 g/mol. The van der Waals surface area contributed by atoms with Crippen LogP contribution in [0.4, 0.5) is 0 Å². The minimum atomic E-state index is 0.668. The number of hydrogen-bond donors (Lipinski definition) is 0. The molecule has 1 heterocycles. The van der Waals surface area contributed by atoms with Gasteiger partial charge in [-0.1, -0.05) is 127 Å². The minimum absolute atomic E-state index is 0.668. The summed E-state index contributed by atoms with van der Waals surface area (Å²) >= 11 is 0. The Labute approximate surface area is 242 Å². The third-order valence-electron chi connectivity index (χ3n) is 8.45. The van der Waals surface area contributed by atoms with Crippen molar-refractivity contribution in [1.82, 2.24) is 15.0 Å². The number of aromatic nitrogens is 3. The molecule has 9 rings (SSSR count). The van der Waals surface area contributed by atoms with Gasteiger partial charge < -0.3 is 0 Å². The van der Waals surface area contributed by atoms with Gasteiger partial charge in [0.2, 0.25) is 0 Å². The van der Waals surface area contributed by atoms with Gasteiger partial charge in [0.1, 0.15) is 0 Å². The molecule has 8 aromatic rings. The quantitative estimate of drug-likeness (QED) is 0.227. The molecule has 0 amide bonds. The molecule has 0 saturated carbocycles. The molecule has 1 aliphatic carbocycles. The molecule has 3 heteroatoms. The highest BCUT2D eigenvalue weighted by molar-refractivity contribution is 6.23. The smallest absolute Gasteiger partial charge is 0.164 e. The van der Waals surface area contributed by atoms with Gasteiger partial charge in [0.25, 0.3) is 0 Å². The monoisotopic (exact) mass is 533 g/mol. The summed E-state index contributed by atoms with van der Waals surface area (Å²) in [5.41, 5.74) is 8.06. The Morgan fingerprint density at radius 2 is 0.976 bits per heavy atom. The van der Waals surface area contributed by atoms with Crippen molar-refractivity contribution in [2.45, 2.75) is 0 Å². The van der Waals surface area contributed by atoms with Crippen LogP contribution in [0.2, 0.25) is 0 Å². The Bertz CT molecular complexity index is 2360. The second-order valence-electron chi connectivity index (χ2n) is 10.8. The van der Waals surface area contributed by atoms with Crippen LogP contribution in [0.5, 0.6) is 0 Å². The predicted molar refractivity (Wildman–Crippen MR) is 173 cm³/mol. The van der Waals surface area contributed by atoms with Crippen LogP contribution < -0.4 is 0 Å². The minimum Gasteiger partial charge on any atom is -0.208 e. The highest BCUT2D eigenvalue weighted by atomic mass is 15.0. The molecule has 3 nitrogen and oxygen atoms in total. The zero-order chi connectivity index (χ0) is 27.6. The fraction of sp³-hybridized carbons (Fsp3) is 0. The molecule has 0 atom stereocenters. The van der Waals surface area contributed by atoms with Gasteiger partial charge >= 0.3 is 0 Å². The lowest BCUT2D eigenvalue weighted by molar-refractivity contribution is 1.08. The van der Waals surface area contributed by atoms with Gasteiger partial charge in [0.05, 0.1) is 0 Å². The average Bonchev–Trinajstić information content (AvgIpc) is 3.40. The highest BCUT2D eigenvalue weighted by Crippen LogP contribution is 2.51. The second-order valence-corrected chi connectivity index (χ2v) is 10.8. The van der Waals surface area contributed by atoms with E-state index < -0.39 is 0 Å². The highest BCUT2D eigenvalue weighted by Gasteiger charge is 2.25. The van der Waals surface area contributed by atoms with E-state index in [9.17, 15) is 0 Å². The number of nitrogens with zero attached hydrogens (tertiary/aromatic N) is 3. The number of rotatable bonds is 3. The predicted octanol–water partition coefficient (Wildman–Crippen LogP) is 9.98. The number of fused-ring (bicyclic) bond motifs is 6. The molecule has 0 spiro atoms. The normalized spacial score (nSPS) is 11.8. The summed E-state index contributed by atoms with van der Waals surface area (Å²) in [5.74, 6) is 2.01. The molecule has 7 aromatic carbocycles. The summed E-state index contributed by atoms with van der Waals surface area (Å²) in [6.45, 7) is 0. The Hall–Kier alpha value is -5.67. The van der Waals surface area contributed by atoms with Gasteiger partial charge in [-0.3, -0.25) is 0 Å². The van der Waals surface area contributed by atoms with Crippen molar-refractivity contribution in [3.8, 4) is 56.4 Å². The van der Waals surface area contributed by atoms with Crippen LogP contribution in [0, 0.1) is 0 Å². The van der Waals surface area contributed by atoms with Gasteiger partial charge in [0.15, 0.2) is 17.5 Å². The third kappa shape index (κ3) is 3.44. The van der Waals surface area contributed by atoms with E-state index in [-0.39, 0.29) is 0 Å². The lowest BCUT2D eigenvalue weighted by Gasteiger charge is -2.12. The summed E-state index contributed by atoms with van der Waals surface area (Å²) in [4.78, 5) is 15.2. The Kier molecular flexibility index (Phi) is 4.90. The lowest BCUT2D eigenvalue weighted by Crippen LogP contribution is -2.00. The van der Waals surface area contributed by atoms with Crippen molar-refractivity contribution < 1.29 is 0 Å². The van der Waals surface area contributed by atoms with Gasteiger partial charge in [-0.05, 0) is 66.7 Å². The van der Waals surface area contributed by atoms with Crippen LogP contribution in [-0.4, -0.2) is 15.0 Å². The molecule has 0 bridgehead atoms. The molecule has 0 unspecified atom stereocenters. The fourth-order valence-electron chi connectivity index (χ4n) is 6.49. The maximum Gasteiger partial charge on any atom is 0.164 e. The maximum absolute atomic E-state index is 5.11. The SMILES string of the molecule is c1ccc(-c2nc(-c3ccc4ccccc4c3)nc(-c3ccc4c5c(cccc35)-c3c-4ccc4ccccc34)n2)cc1. The molecule has 194 valence electrons. The standard InChI is InChI=1S/C39H23N3/c1-2-11-26(12-3-1)37-40-38(28-18-17-24-9-4-5-13-27(24)23-28)42-39(41-37)33-22-21-32-31-20-19-25-10-6-7-14-29(25)35(31)34-16-8-15-30(33)36(32)34/h1-23H. The van der Waals surface area contributed by atoms with Crippen LogP contribution in [0.25, 0.3) is 88.7 Å². The van der Waals surface area contributed by atoms with Crippen LogP contribution in [-0.2, 0) is 0 Å². The molecule has 42 heavy (non-hydrogen) atoms. The first-order chi connectivity index (χ1) is 20.8. The van der Waals surface area contributed by atoms with Gasteiger partial charge in [-0.2, -0.15) is 0 Å². The maximum atomic E-state index is 5.11. The van der Waals surface area contributed by atoms with E-state index in [1.165, 1.54) is 43.8 Å². The van der Waals surface area contributed by atoms with E-state index in [1.54, 1.807) is 0 Å². The molecule has 0 fully saturated rings. The van der Waals surface area contributed by atoms with E-state index in [2.05, 4.69) is 121 Å². The van der Waals surface area contributed by atoms with Crippen LogP contribution in [0.15, 0.2) is 140 Å². The van der Waals surface area contributed by atoms with E-state index in [0.717, 1.165) is 27.5 Å². The van der Waals surface area contributed by atoms with Crippen LogP contribution in [0.3, 0.4) is 0 Å². The van der Waals surface area contributed by atoms with Crippen molar-refractivity contribution in [1.29, 1.82) is 0 Å². The van der Waals surface area contributed by atoms with Crippen molar-refractivity contribution in [3.63, 3.8) is 0 Å². The van der Waals surface area contributed by atoms with Crippen LogP contribution >= 0.6 is 0 Å². The summed E-state index contributed by atoms with van der Waals surface area (Å²) in [6, 6.07) is 49.1. The molecule has 0 N–H and O–H groups in total. The summed E-state index contributed by atoms with van der Waals surface area (Å²) in [7, 11) is 0. The molecule has 0 saturated heterocycles. The first-order valence-electron chi connectivity index (χ1n) is 14.2. The summed E-state index contributed by atoms with van der Waals surface area (Å²) in [5, 5.41) is 7.30. The zero-order valence-corrected chi connectivity index (χ0v) is 22.6. The molecule has 0 aliphatic heterocycles. The largest absolute Gasteiger partial charge is 0.208 e. The Morgan fingerprint density at radius 1 is 0.333 bits per heavy atom. The molecule has 1 aromatic heterocycles. The first-order valence-corrected chi connectivity index (χ1v) is 14.2. The number of benzene rings is 7. The summed E-state index contributed by atoms with van der Waals surface area (Å²) in [6.07, 6.45) is 0. The van der Waals surface area contributed by atoms with Crippen molar-refractivity contribution in [2.24, 2.45) is 0 Å². The fourth-order valence-corrected chi connectivity index (χ4v) is 6.49. The van der Waals surface area contributed by atoms with Gasteiger partial charge in [-0.25, -0.2) is 15.0 Å². The van der Waals surface area contributed by atoms with Gasteiger partial charge in [-0.15, -0.1) is 0 Å². The lowest BCUT2D eigenvalue weighted by atomic mass is 9.97. The molecule has 0 radical (unpaired) electrons. The zero-order valence-electron chi connectivity index (χ0n) is 22.6. The van der Waals surface area contributed by atoms with E-state index in [0.29, 0.717) is 17.5 Å². The van der Waals surface area contributed by atoms with E-state index in [1.807, 2.05) is 18.2 Å². The molecule has 1 aliphatic rings. The Balaban J connectivity index is 1.30. The Morgan fingerprint density at radius 3 is 1.86 bits per heavy atom. The first kappa shape index (κ1) is 23.1.